The molecule has 0 aromatic carbocycles. The van der Waals surface area contributed by atoms with Gasteiger partial charge in [-0.05, 0) is 75.5 Å². The van der Waals surface area contributed by atoms with Crippen molar-refractivity contribution < 1.29 is 9.90 Å². The van der Waals surface area contributed by atoms with Crippen molar-refractivity contribution in [1.82, 2.24) is 10.2 Å². The first-order chi connectivity index (χ1) is 10.6. The summed E-state index contributed by atoms with van der Waals surface area (Å²) < 4.78 is 0. The highest BCUT2D eigenvalue weighted by molar-refractivity contribution is 5.69. The molecule has 0 aromatic rings. The Morgan fingerprint density at radius 2 is 1.73 bits per heavy atom. The Morgan fingerprint density at radius 3 is 2.27 bits per heavy atom. The monoisotopic (exact) mass is 306 g/mol. The lowest BCUT2D eigenvalue weighted by molar-refractivity contribution is -0.139. The molecule has 1 spiro atoms. The van der Waals surface area contributed by atoms with Crippen LogP contribution in [0.1, 0.15) is 64.2 Å². The Labute approximate surface area is 133 Å². The van der Waals surface area contributed by atoms with Crippen LogP contribution in [0.5, 0.6) is 0 Å². The second-order valence-electron chi connectivity index (χ2n) is 8.53. The molecular weight excluding hydrogens is 276 g/mol. The second kappa shape index (κ2) is 5.79. The van der Waals surface area contributed by atoms with E-state index in [-0.39, 0.29) is 6.54 Å². The number of carboxylic acid groups (broad SMARTS) is 1. The molecule has 0 saturated heterocycles. The third-order valence-corrected chi connectivity index (χ3v) is 6.63. The number of hydrogen-bond donors (Lipinski definition) is 2. The van der Waals surface area contributed by atoms with E-state index in [1.54, 1.807) is 0 Å². The summed E-state index contributed by atoms with van der Waals surface area (Å²) in [7, 11) is 0. The van der Waals surface area contributed by atoms with Crippen molar-refractivity contribution in [3.05, 3.63) is 0 Å². The fourth-order valence-electron chi connectivity index (χ4n) is 4.58. The zero-order valence-electron chi connectivity index (χ0n) is 13.6. The van der Waals surface area contributed by atoms with Gasteiger partial charge >= 0.3 is 5.97 Å². The summed E-state index contributed by atoms with van der Waals surface area (Å²) in [6.45, 7) is 1.25. The van der Waals surface area contributed by atoms with E-state index in [0.29, 0.717) is 12.1 Å². The topological polar surface area (TPSA) is 52.6 Å². The van der Waals surface area contributed by atoms with Crippen molar-refractivity contribution in [2.45, 2.75) is 82.3 Å². The molecule has 4 saturated carbocycles. The zero-order chi connectivity index (χ0) is 15.2. The highest BCUT2D eigenvalue weighted by atomic mass is 16.4. The Kier molecular flexibility index (Phi) is 3.93. The Hall–Kier alpha value is -0.610. The minimum Gasteiger partial charge on any atom is -0.480 e. The molecule has 4 aliphatic carbocycles. The molecule has 4 aliphatic rings. The Morgan fingerprint density at radius 1 is 1.05 bits per heavy atom. The normalized spacial score (nSPS) is 33.9. The van der Waals surface area contributed by atoms with E-state index < -0.39 is 5.97 Å². The fourth-order valence-corrected chi connectivity index (χ4v) is 4.58. The molecule has 124 valence electrons. The van der Waals surface area contributed by atoms with E-state index in [0.717, 1.165) is 36.8 Å². The van der Waals surface area contributed by atoms with Crippen LogP contribution in [0.15, 0.2) is 0 Å². The van der Waals surface area contributed by atoms with Gasteiger partial charge in [0, 0.05) is 24.7 Å². The first-order valence-electron chi connectivity index (χ1n) is 9.34. The standard InChI is InChI=1S/C18H30N2O2/c21-17(22)12-20(11-13-1-2-13)16-9-15(10-16)19-14-3-5-18(6-4-14)7-8-18/h13-16,19H,1-12H2,(H,21,22). The number of carboxylic acids is 1. The number of carbonyl (C=O) groups is 1. The molecule has 0 bridgehead atoms. The maximum Gasteiger partial charge on any atom is 0.317 e. The van der Waals surface area contributed by atoms with Crippen LogP contribution in [0.3, 0.4) is 0 Å². The molecule has 22 heavy (non-hydrogen) atoms. The SMILES string of the molecule is O=C(O)CN(CC1CC1)C1CC(NC2CCC3(CC2)CC3)C1. The molecule has 0 radical (unpaired) electrons. The summed E-state index contributed by atoms with van der Waals surface area (Å²) in [4.78, 5) is 13.3. The van der Waals surface area contributed by atoms with Gasteiger partial charge in [-0.2, -0.15) is 0 Å². The van der Waals surface area contributed by atoms with Gasteiger partial charge in [-0.3, -0.25) is 9.69 Å². The van der Waals surface area contributed by atoms with Crippen molar-refractivity contribution >= 4 is 5.97 Å². The van der Waals surface area contributed by atoms with E-state index in [1.807, 2.05) is 0 Å². The van der Waals surface area contributed by atoms with Gasteiger partial charge in [-0.25, -0.2) is 0 Å². The molecule has 0 atom stereocenters. The highest BCUT2D eigenvalue weighted by Gasteiger charge is 2.45. The summed E-state index contributed by atoms with van der Waals surface area (Å²) in [6, 6.07) is 1.87. The molecule has 0 unspecified atom stereocenters. The van der Waals surface area contributed by atoms with Crippen molar-refractivity contribution in [3.63, 3.8) is 0 Å². The lowest BCUT2D eigenvalue weighted by atomic mass is 9.80. The molecule has 4 fully saturated rings. The predicted octanol–water partition coefficient (Wildman–Crippen LogP) is 2.63. The minimum atomic E-state index is -0.668. The largest absolute Gasteiger partial charge is 0.480 e. The minimum absolute atomic E-state index is 0.236. The van der Waals surface area contributed by atoms with E-state index >= 15 is 0 Å². The van der Waals surface area contributed by atoms with Crippen LogP contribution in [-0.4, -0.2) is 47.2 Å². The van der Waals surface area contributed by atoms with Crippen LogP contribution in [0.4, 0.5) is 0 Å². The Balaban J connectivity index is 1.19. The van der Waals surface area contributed by atoms with E-state index in [1.165, 1.54) is 51.4 Å². The lowest BCUT2D eigenvalue weighted by Gasteiger charge is -2.45. The first kappa shape index (κ1) is 14.9. The van der Waals surface area contributed by atoms with Gasteiger partial charge in [0.05, 0.1) is 6.54 Å². The van der Waals surface area contributed by atoms with Crippen molar-refractivity contribution in [2.24, 2.45) is 11.3 Å². The predicted molar refractivity (Wildman–Crippen MR) is 85.8 cm³/mol. The third-order valence-electron chi connectivity index (χ3n) is 6.63. The number of nitrogens with one attached hydrogen (secondary N) is 1. The quantitative estimate of drug-likeness (QED) is 0.759. The fraction of sp³-hybridized carbons (Fsp3) is 0.944. The van der Waals surface area contributed by atoms with Gasteiger partial charge in [0.1, 0.15) is 0 Å². The average molecular weight is 306 g/mol. The molecule has 0 aromatic heterocycles. The van der Waals surface area contributed by atoms with Crippen LogP contribution in [0, 0.1) is 11.3 Å². The smallest absolute Gasteiger partial charge is 0.317 e. The van der Waals surface area contributed by atoms with E-state index in [4.69, 9.17) is 5.11 Å². The third kappa shape index (κ3) is 3.48. The summed E-state index contributed by atoms with van der Waals surface area (Å²) >= 11 is 0. The van der Waals surface area contributed by atoms with Gasteiger partial charge in [-0.15, -0.1) is 0 Å². The van der Waals surface area contributed by atoms with Crippen LogP contribution in [0.2, 0.25) is 0 Å². The number of aliphatic carboxylic acids is 1. The Bertz CT molecular complexity index is 415. The van der Waals surface area contributed by atoms with Gasteiger partial charge in [0.15, 0.2) is 0 Å². The lowest BCUT2D eigenvalue weighted by Crippen LogP contribution is -2.56. The van der Waals surface area contributed by atoms with Crippen molar-refractivity contribution in [3.8, 4) is 0 Å². The summed E-state index contributed by atoms with van der Waals surface area (Å²) in [6.07, 6.45) is 13.5. The molecule has 4 heteroatoms. The van der Waals surface area contributed by atoms with Crippen molar-refractivity contribution in [2.75, 3.05) is 13.1 Å². The number of hydrogen-bond acceptors (Lipinski definition) is 3. The van der Waals surface area contributed by atoms with Crippen LogP contribution in [0.25, 0.3) is 0 Å². The first-order valence-corrected chi connectivity index (χ1v) is 9.34. The van der Waals surface area contributed by atoms with E-state index in [2.05, 4.69) is 10.2 Å². The maximum atomic E-state index is 11.1. The second-order valence-corrected chi connectivity index (χ2v) is 8.53. The number of rotatable bonds is 7. The van der Waals surface area contributed by atoms with Gasteiger partial charge in [0.2, 0.25) is 0 Å². The van der Waals surface area contributed by atoms with Crippen LogP contribution < -0.4 is 5.32 Å². The molecule has 0 heterocycles. The van der Waals surface area contributed by atoms with Gasteiger partial charge < -0.3 is 10.4 Å². The molecule has 4 rings (SSSR count). The maximum absolute atomic E-state index is 11.1. The zero-order valence-corrected chi connectivity index (χ0v) is 13.6. The average Bonchev–Trinajstić information content (AvgIpc) is 3.33. The molecule has 4 nitrogen and oxygen atoms in total. The van der Waals surface area contributed by atoms with Crippen LogP contribution in [-0.2, 0) is 4.79 Å². The molecule has 0 aliphatic heterocycles. The molecular formula is C18H30N2O2. The summed E-state index contributed by atoms with van der Waals surface area (Å²) in [5.41, 5.74) is 0.781. The van der Waals surface area contributed by atoms with Gasteiger partial charge in [-0.1, -0.05) is 0 Å². The van der Waals surface area contributed by atoms with Gasteiger partial charge in [0.25, 0.3) is 0 Å². The van der Waals surface area contributed by atoms with Crippen molar-refractivity contribution in [1.29, 1.82) is 0 Å². The highest BCUT2D eigenvalue weighted by Crippen LogP contribution is 2.56. The molecule has 0 amide bonds. The summed E-state index contributed by atoms with van der Waals surface area (Å²) in [5.74, 6) is 0.110. The number of nitrogens with zero attached hydrogens (tertiary/aromatic N) is 1. The van der Waals surface area contributed by atoms with E-state index in [9.17, 15) is 4.79 Å². The summed E-state index contributed by atoms with van der Waals surface area (Å²) in [5, 5.41) is 13.0. The molecule has 2 N–H and O–H groups in total. The van der Waals surface area contributed by atoms with Crippen LogP contribution >= 0.6 is 0 Å².